The van der Waals surface area contributed by atoms with Crippen LogP contribution < -0.4 is 5.73 Å². The third kappa shape index (κ3) is 1.89. The highest BCUT2D eigenvalue weighted by Crippen LogP contribution is 2.35. The number of fused-ring (bicyclic) bond motifs is 2. The molecule has 1 heterocycles. The fourth-order valence-electron chi connectivity index (χ4n) is 2.81. The zero-order valence-electron chi connectivity index (χ0n) is 8.29. The average Bonchev–Trinajstić information content (AvgIpc) is 2.42. The van der Waals surface area contributed by atoms with E-state index in [9.17, 15) is 4.79 Å². The number of nitrogens with two attached hydrogens (primary N) is 1. The van der Waals surface area contributed by atoms with Crippen molar-refractivity contribution >= 4 is 17.5 Å². The van der Waals surface area contributed by atoms with Gasteiger partial charge < -0.3 is 10.6 Å². The van der Waals surface area contributed by atoms with E-state index in [1.54, 1.807) is 0 Å². The summed E-state index contributed by atoms with van der Waals surface area (Å²) in [6.45, 7) is 0.911. The Morgan fingerprint density at radius 3 is 2.93 bits per heavy atom. The lowest BCUT2D eigenvalue weighted by molar-refractivity contribution is -0.131. The number of likely N-dealkylation sites (tertiary alicyclic amines) is 1. The van der Waals surface area contributed by atoms with Gasteiger partial charge in [0.15, 0.2) is 0 Å². The fourth-order valence-corrected chi connectivity index (χ4v) is 2.97. The molecule has 1 saturated carbocycles. The Morgan fingerprint density at radius 2 is 2.21 bits per heavy atom. The van der Waals surface area contributed by atoms with Gasteiger partial charge in [-0.3, -0.25) is 4.79 Å². The molecular formula is C10H17ClN2O. The van der Waals surface area contributed by atoms with Gasteiger partial charge in [-0.05, 0) is 25.2 Å². The molecule has 1 saturated heterocycles. The molecule has 0 aromatic carbocycles. The van der Waals surface area contributed by atoms with Gasteiger partial charge in [-0.25, -0.2) is 0 Å². The molecule has 2 fully saturated rings. The molecule has 0 aromatic heterocycles. The van der Waals surface area contributed by atoms with E-state index in [4.69, 9.17) is 17.3 Å². The number of amides is 1. The summed E-state index contributed by atoms with van der Waals surface area (Å²) < 4.78 is 0. The summed E-state index contributed by atoms with van der Waals surface area (Å²) in [5.41, 5.74) is 5.93. The van der Waals surface area contributed by atoms with Crippen molar-refractivity contribution in [2.45, 2.75) is 37.8 Å². The standard InChI is InChI=1S/C10H17ClN2O/c11-2-1-10(14)13-6-7-3-8(12)5-9(13)4-7/h7-9H,1-6,12H2. The third-order valence-corrected chi connectivity index (χ3v) is 3.53. The van der Waals surface area contributed by atoms with Crippen LogP contribution in [0.4, 0.5) is 0 Å². The van der Waals surface area contributed by atoms with Gasteiger partial charge in [0.1, 0.15) is 0 Å². The monoisotopic (exact) mass is 216 g/mol. The zero-order chi connectivity index (χ0) is 10.1. The maximum Gasteiger partial charge on any atom is 0.224 e. The van der Waals surface area contributed by atoms with Gasteiger partial charge in [0.2, 0.25) is 5.91 Å². The zero-order valence-corrected chi connectivity index (χ0v) is 9.04. The van der Waals surface area contributed by atoms with E-state index in [0.717, 1.165) is 25.8 Å². The minimum absolute atomic E-state index is 0.210. The van der Waals surface area contributed by atoms with Crippen molar-refractivity contribution in [3.63, 3.8) is 0 Å². The molecule has 3 nitrogen and oxygen atoms in total. The van der Waals surface area contributed by atoms with Crippen molar-refractivity contribution in [2.75, 3.05) is 12.4 Å². The second-order valence-corrected chi connectivity index (χ2v) is 4.85. The van der Waals surface area contributed by atoms with E-state index in [1.807, 2.05) is 4.90 Å². The van der Waals surface area contributed by atoms with Crippen molar-refractivity contribution in [3.8, 4) is 0 Å². The number of hydrogen-bond acceptors (Lipinski definition) is 2. The minimum atomic E-state index is 0.210. The third-order valence-electron chi connectivity index (χ3n) is 3.34. The highest BCUT2D eigenvalue weighted by molar-refractivity contribution is 6.18. The second kappa shape index (κ2) is 4.07. The smallest absolute Gasteiger partial charge is 0.224 e. The van der Waals surface area contributed by atoms with E-state index in [-0.39, 0.29) is 5.91 Å². The van der Waals surface area contributed by atoms with E-state index in [0.29, 0.717) is 30.3 Å². The Labute approximate surface area is 89.6 Å². The molecule has 14 heavy (non-hydrogen) atoms. The fraction of sp³-hybridized carbons (Fsp3) is 0.900. The van der Waals surface area contributed by atoms with Crippen LogP contribution in [-0.2, 0) is 4.79 Å². The van der Waals surface area contributed by atoms with E-state index in [2.05, 4.69) is 0 Å². The molecule has 3 atom stereocenters. The Bertz CT molecular complexity index is 234. The lowest BCUT2D eigenvalue weighted by atomic mass is 9.87. The van der Waals surface area contributed by atoms with E-state index < -0.39 is 0 Å². The van der Waals surface area contributed by atoms with Crippen LogP contribution in [-0.4, -0.2) is 35.3 Å². The van der Waals surface area contributed by atoms with Gasteiger partial charge in [-0.2, -0.15) is 0 Å². The van der Waals surface area contributed by atoms with Gasteiger partial charge in [0.25, 0.3) is 0 Å². The summed E-state index contributed by atoms with van der Waals surface area (Å²) in [5, 5.41) is 0. The van der Waals surface area contributed by atoms with Crippen LogP contribution in [0, 0.1) is 5.92 Å². The molecule has 2 aliphatic rings. The molecule has 2 N–H and O–H groups in total. The normalized spacial score (nSPS) is 36.1. The van der Waals surface area contributed by atoms with Gasteiger partial charge in [-0.15, -0.1) is 11.6 Å². The second-order valence-electron chi connectivity index (χ2n) is 4.47. The number of halogens is 1. The lowest BCUT2D eigenvalue weighted by Crippen LogP contribution is -2.38. The van der Waals surface area contributed by atoms with Crippen LogP contribution >= 0.6 is 11.6 Å². The van der Waals surface area contributed by atoms with Crippen molar-refractivity contribution in [1.29, 1.82) is 0 Å². The highest BCUT2D eigenvalue weighted by atomic mass is 35.5. The molecule has 1 aliphatic carbocycles. The summed E-state index contributed by atoms with van der Waals surface area (Å²) in [7, 11) is 0. The highest BCUT2D eigenvalue weighted by Gasteiger charge is 2.39. The Morgan fingerprint density at radius 1 is 1.43 bits per heavy atom. The topological polar surface area (TPSA) is 46.3 Å². The summed E-state index contributed by atoms with van der Waals surface area (Å²) in [4.78, 5) is 13.7. The lowest BCUT2D eigenvalue weighted by Gasteiger charge is -2.27. The number of alkyl halides is 1. The maximum atomic E-state index is 11.7. The van der Waals surface area contributed by atoms with Gasteiger partial charge >= 0.3 is 0 Å². The summed E-state index contributed by atoms with van der Waals surface area (Å²) in [6, 6.07) is 0.701. The molecule has 1 aliphatic heterocycles. The number of carbonyl (C=O) groups excluding carboxylic acids is 1. The molecule has 1 amide bonds. The minimum Gasteiger partial charge on any atom is -0.339 e. The molecule has 2 bridgehead atoms. The number of hydrogen-bond donors (Lipinski definition) is 1. The molecule has 0 aromatic rings. The number of rotatable bonds is 2. The van der Waals surface area contributed by atoms with Gasteiger partial charge in [0, 0.05) is 30.9 Å². The summed E-state index contributed by atoms with van der Waals surface area (Å²) >= 11 is 5.57. The molecule has 80 valence electrons. The first-order chi connectivity index (χ1) is 6.70. The molecule has 0 spiro atoms. The summed E-state index contributed by atoms with van der Waals surface area (Å²) in [6.07, 6.45) is 3.69. The Balaban J connectivity index is 1.98. The molecule has 3 unspecified atom stereocenters. The maximum absolute atomic E-state index is 11.7. The van der Waals surface area contributed by atoms with Crippen LogP contribution in [0.3, 0.4) is 0 Å². The predicted molar refractivity (Wildman–Crippen MR) is 56.2 cm³/mol. The Kier molecular flexibility index (Phi) is 2.98. The first kappa shape index (κ1) is 10.2. The van der Waals surface area contributed by atoms with E-state index in [1.165, 1.54) is 0 Å². The van der Waals surface area contributed by atoms with Crippen molar-refractivity contribution in [2.24, 2.45) is 11.7 Å². The number of carbonyl (C=O) groups is 1. The molecule has 0 radical (unpaired) electrons. The van der Waals surface area contributed by atoms with Gasteiger partial charge in [-0.1, -0.05) is 0 Å². The first-order valence-electron chi connectivity index (χ1n) is 5.31. The average molecular weight is 217 g/mol. The van der Waals surface area contributed by atoms with Crippen LogP contribution in [0.15, 0.2) is 0 Å². The first-order valence-corrected chi connectivity index (χ1v) is 5.85. The molecular weight excluding hydrogens is 200 g/mol. The van der Waals surface area contributed by atoms with Crippen molar-refractivity contribution in [3.05, 3.63) is 0 Å². The summed E-state index contributed by atoms with van der Waals surface area (Å²) in [5.74, 6) is 1.28. The molecule has 2 rings (SSSR count). The van der Waals surface area contributed by atoms with E-state index >= 15 is 0 Å². The van der Waals surface area contributed by atoms with Crippen LogP contribution in [0.2, 0.25) is 0 Å². The van der Waals surface area contributed by atoms with Gasteiger partial charge in [0.05, 0.1) is 0 Å². The van der Waals surface area contributed by atoms with Crippen molar-refractivity contribution < 1.29 is 4.79 Å². The SMILES string of the molecule is NC1CC2CC(C1)N(C(=O)CCCl)C2. The van der Waals surface area contributed by atoms with Crippen molar-refractivity contribution in [1.82, 2.24) is 4.90 Å². The van der Waals surface area contributed by atoms with Crippen LogP contribution in [0.1, 0.15) is 25.7 Å². The number of nitrogens with zero attached hydrogens (tertiary/aromatic N) is 1. The quantitative estimate of drug-likeness (QED) is 0.699. The largest absolute Gasteiger partial charge is 0.339 e. The van der Waals surface area contributed by atoms with Crippen LogP contribution in [0.5, 0.6) is 0 Å². The molecule has 4 heteroatoms. The Hall–Kier alpha value is -0.280. The predicted octanol–water partition coefficient (Wildman–Crippen LogP) is 0.954. The van der Waals surface area contributed by atoms with Crippen LogP contribution in [0.25, 0.3) is 0 Å².